The highest BCUT2D eigenvalue weighted by atomic mass is 16.4. The van der Waals surface area contributed by atoms with Gasteiger partial charge in [0, 0.05) is 18.3 Å². The number of nitrogens with zero attached hydrogens (tertiary/aromatic N) is 1. The topological polar surface area (TPSA) is 60.8 Å². The van der Waals surface area contributed by atoms with Crippen molar-refractivity contribution in [2.45, 2.75) is 6.42 Å². The van der Waals surface area contributed by atoms with Crippen molar-refractivity contribution in [2.24, 2.45) is 0 Å². The Balaban J connectivity index is 2.15. The van der Waals surface area contributed by atoms with Crippen molar-refractivity contribution in [3.63, 3.8) is 0 Å². The lowest BCUT2D eigenvalue weighted by Gasteiger charge is -2.34. The number of carbonyl (C=O) groups is 1. The van der Waals surface area contributed by atoms with Crippen molar-refractivity contribution in [1.82, 2.24) is 4.90 Å². The molecule has 0 radical (unpaired) electrons. The molecule has 0 aromatic rings. The molecule has 3 rings (SSSR count). The largest absolute Gasteiger partial charge is 0.508 e. The van der Waals surface area contributed by atoms with Crippen LogP contribution < -0.4 is 0 Å². The van der Waals surface area contributed by atoms with Gasteiger partial charge in [-0.1, -0.05) is 12.2 Å². The summed E-state index contributed by atoms with van der Waals surface area (Å²) in [6, 6.07) is 0. The third-order valence-corrected chi connectivity index (χ3v) is 3.10. The summed E-state index contributed by atoms with van der Waals surface area (Å²) in [5.41, 5.74) is 2.93. The van der Waals surface area contributed by atoms with E-state index in [-0.39, 0.29) is 11.3 Å². The highest BCUT2D eigenvalue weighted by Crippen LogP contribution is 2.37. The molecule has 0 fully saturated rings. The summed E-state index contributed by atoms with van der Waals surface area (Å²) in [6.07, 6.45) is 9.49. The molecule has 4 heteroatoms. The van der Waals surface area contributed by atoms with Gasteiger partial charge < -0.3 is 15.1 Å². The second-order valence-corrected chi connectivity index (χ2v) is 4.17. The Labute approximate surface area is 98.2 Å². The fourth-order valence-corrected chi connectivity index (χ4v) is 2.34. The molecule has 0 aromatic carbocycles. The molecule has 0 bridgehead atoms. The summed E-state index contributed by atoms with van der Waals surface area (Å²) in [7, 11) is 0. The Hall–Kier alpha value is -2.23. The minimum atomic E-state index is -0.925. The highest BCUT2D eigenvalue weighted by Gasteiger charge is 2.28. The normalized spacial score (nSPS) is 21.6. The van der Waals surface area contributed by atoms with E-state index in [2.05, 4.69) is 0 Å². The molecule has 3 aliphatic rings. The minimum Gasteiger partial charge on any atom is -0.508 e. The van der Waals surface area contributed by atoms with Gasteiger partial charge in [0.25, 0.3) is 0 Å². The molecule has 4 nitrogen and oxygen atoms in total. The van der Waals surface area contributed by atoms with E-state index in [1.165, 1.54) is 0 Å². The first-order chi connectivity index (χ1) is 8.16. The van der Waals surface area contributed by atoms with Crippen molar-refractivity contribution in [3.8, 4) is 0 Å². The minimum absolute atomic E-state index is 0.269. The number of aliphatic hydroxyl groups is 1. The van der Waals surface area contributed by atoms with Gasteiger partial charge >= 0.3 is 5.97 Å². The van der Waals surface area contributed by atoms with E-state index in [1.807, 2.05) is 17.1 Å². The van der Waals surface area contributed by atoms with Gasteiger partial charge in [-0.3, -0.25) is 0 Å². The molecular weight excluding hydrogens is 218 g/mol. The SMILES string of the molecule is O=C(O)C1=CN2CC=C(O)C3=C2C(=C1)CC=C3. The molecule has 2 N–H and O–H groups in total. The summed E-state index contributed by atoms with van der Waals surface area (Å²) in [5, 5.41) is 18.8. The maximum Gasteiger partial charge on any atom is 0.337 e. The molecule has 0 unspecified atom stereocenters. The fourth-order valence-electron chi connectivity index (χ4n) is 2.34. The van der Waals surface area contributed by atoms with Crippen LogP contribution in [0.5, 0.6) is 0 Å². The molecule has 1 aliphatic carbocycles. The van der Waals surface area contributed by atoms with Gasteiger partial charge in [-0.2, -0.15) is 0 Å². The summed E-state index contributed by atoms with van der Waals surface area (Å²) in [6.45, 7) is 0.507. The van der Waals surface area contributed by atoms with Gasteiger partial charge in [0.2, 0.25) is 0 Å². The number of rotatable bonds is 1. The quantitative estimate of drug-likeness (QED) is 0.720. The Morgan fingerprint density at radius 1 is 1.41 bits per heavy atom. The van der Waals surface area contributed by atoms with E-state index >= 15 is 0 Å². The second kappa shape index (κ2) is 3.38. The summed E-state index contributed by atoms with van der Waals surface area (Å²) in [4.78, 5) is 12.9. The Bertz CT molecular complexity index is 561. The van der Waals surface area contributed by atoms with Crippen LogP contribution >= 0.6 is 0 Å². The predicted octanol–water partition coefficient (Wildman–Crippen LogP) is 1.87. The van der Waals surface area contributed by atoms with Crippen LogP contribution in [-0.4, -0.2) is 27.6 Å². The van der Waals surface area contributed by atoms with Crippen LogP contribution in [0.25, 0.3) is 0 Å². The van der Waals surface area contributed by atoms with Gasteiger partial charge in [-0.15, -0.1) is 0 Å². The van der Waals surface area contributed by atoms with Crippen molar-refractivity contribution < 1.29 is 15.0 Å². The van der Waals surface area contributed by atoms with Crippen LogP contribution in [0.2, 0.25) is 0 Å². The number of aliphatic hydroxyl groups excluding tert-OH is 1. The number of carboxylic acid groups (broad SMARTS) is 1. The van der Waals surface area contributed by atoms with E-state index in [1.54, 1.807) is 18.4 Å². The summed E-state index contributed by atoms with van der Waals surface area (Å²) >= 11 is 0. The third-order valence-electron chi connectivity index (χ3n) is 3.10. The molecule has 2 heterocycles. The smallest absolute Gasteiger partial charge is 0.337 e. The third kappa shape index (κ3) is 1.41. The van der Waals surface area contributed by atoms with Crippen molar-refractivity contribution in [3.05, 3.63) is 58.7 Å². The van der Waals surface area contributed by atoms with Crippen LogP contribution in [0.1, 0.15) is 6.42 Å². The highest BCUT2D eigenvalue weighted by molar-refractivity contribution is 5.91. The number of hydrogen-bond acceptors (Lipinski definition) is 3. The van der Waals surface area contributed by atoms with E-state index in [9.17, 15) is 9.90 Å². The average molecular weight is 229 g/mol. The molecular formula is C13H11NO3. The van der Waals surface area contributed by atoms with Gasteiger partial charge in [-0.05, 0) is 24.1 Å². The van der Waals surface area contributed by atoms with Crippen LogP contribution in [0.4, 0.5) is 0 Å². The molecule has 86 valence electrons. The van der Waals surface area contributed by atoms with Crippen molar-refractivity contribution >= 4 is 5.97 Å². The zero-order valence-electron chi connectivity index (χ0n) is 9.05. The first-order valence-corrected chi connectivity index (χ1v) is 5.40. The summed E-state index contributed by atoms with van der Waals surface area (Å²) < 4.78 is 0. The number of hydrogen-bond donors (Lipinski definition) is 2. The maximum absolute atomic E-state index is 11.0. The summed E-state index contributed by atoms with van der Waals surface area (Å²) in [5.74, 6) is -0.656. The van der Waals surface area contributed by atoms with E-state index in [0.29, 0.717) is 13.0 Å². The van der Waals surface area contributed by atoms with Crippen molar-refractivity contribution in [1.29, 1.82) is 0 Å². The Morgan fingerprint density at radius 2 is 2.24 bits per heavy atom. The number of allylic oxidation sites excluding steroid dienone is 3. The first-order valence-electron chi connectivity index (χ1n) is 5.40. The van der Waals surface area contributed by atoms with Gasteiger partial charge in [-0.25, -0.2) is 4.79 Å². The lowest BCUT2D eigenvalue weighted by Crippen LogP contribution is -2.29. The van der Waals surface area contributed by atoms with Gasteiger partial charge in [0.05, 0.1) is 11.3 Å². The fraction of sp³-hybridized carbons (Fsp3) is 0.154. The molecule has 0 atom stereocenters. The molecule has 0 saturated heterocycles. The Morgan fingerprint density at radius 3 is 3.00 bits per heavy atom. The first kappa shape index (κ1) is 9.96. The van der Waals surface area contributed by atoms with E-state index < -0.39 is 5.97 Å². The molecule has 0 saturated carbocycles. The monoisotopic (exact) mass is 229 g/mol. The lowest BCUT2D eigenvalue weighted by atomic mass is 9.90. The maximum atomic E-state index is 11.0. The zero-order chi connectivity index (χ0) is 12.0. The molecule has 0 amide bonds. The standard InChI is InChI=1S/C13H11NO3/c15-11-4-5-14-7-9(13(16)17)6-8-2-1-3-10(11)12(8)14/h1,3-4,6-7,15H,2,5H2,(H,16,17). The van der Waals surface area contributed by atoms with Crippen LogP contribution in [-0.2, 0) is 4.79 Å². The molecule has 17 heavy (non-hydrogen) atoms. The molecule has 0 spiro atoms. The van der Waals surface area contributed by atoms with Gasteiger partial charge in [0.15, 0.2) is 0 Å². The Kier molecular flexibility index (Phi) is 1.98. The zero-order valence-corrected chi connectivity index (χ0v) is 9.05. The van der Waals surface area contributed by atoms with E-state index in [0.717, 1.165) is 16.8 Å². The number of aliphatic carboxylic acids is 1. The van der Waals surface area contributed by atoms with E-state index in [4.69, 9.17) is 5.11 Å². The van der Waals surface area contributed by atoms with Crippen LogP contribution in [0.15, 0.2) is 58.7 Å². The molecule has 2 aliphatic heterocycles. The van der Waals surface area contributed by atoms with Crippen LogP contribution in [0, 0.1) is 0 Å². The van der Waals surface area contributed by atoms with Crippen molar-refractivity contribution in [2.75, 3.05) is 6.54 Å². The lowest BCUT2D eigenvalue weighted by molar-refractivity contribution is -0.132. The predicted molar refractivity (Wildman–Crippen MR) is 62.0 cm³/mol. The second-order valence-electron chi connectivity index (χ2n) is 4.17. The molecule has 0 aromatic heterocycles. The van der Waals surface area contributed by atoms with Crippen LogP contribution in [0.3, 0.4) is 0 Å². The average Bonchev–Trinajstić information content (AvgIpc) is 2.33. The van der Waals surface area contributed by atoms with Gasteiger partial charge in [0.1, 0.15) is 5.76 Å². The number of carboxylic acids is 1.